The lowest BCUT2D eigenvalue weighted by Gasteiger charge is -2.30. The van der Waals surface area contributed by atoms with Crippen LogP contribution in [0.1, 0.15) is 24.5 Å². The highest BCUT2D eigenvalue weighted by molar-refractivity contribution is 5.82. The minimum absolute atomic E-state index is 0.0566. The monoisotopic (exact) mass is 463 g/mol. The van der Waals surface area contributed by atoms with E-state index in [4.69, 9.17) is 10.5 Å². The Kier molecular flexibility index (Phi) is 5.58. The number of aromatic amines is 1. The van der Waals surface area contributed by atoms with Gasteiger partial charge in [0, 0.05) is 49.2 Å². The summed E-state index contributed by atoms with van der Waals surface area (Å²) in [6, 6.07) is 9.69. The molecule has 5 N–H and O–H groups in total. The minimum atomic E-state index is -0.952. The molecule has 1 unspecified atom stereocenters. The molecule has 4 heterocycles. The van der Waals surface area contributed by atoms with Gasteiger partial charge in [-0.25, -0.2) is 19.2 Å². The first-order valence-corrected chi connectivity index (χ1v) is 10.7. The lowest BCUT2D eigenvalue weighted by molar-refractivity contribution is 0.130. The van der Waals surface area contributed by atoms with Gasteiger partial charge in [0.25, 0.3) is 0 Å². The zero-order valence-electron chi connectivity index (χ0n) is 18.0. The number of halogens is 1. The molecule has 0 bridgehead atoms. The Hall–Kier alpha value is -4.41. The normalized spacial score (nSPS) is 15.9. The molecule has 4 aromatic rings. The first-order valence-electron chi connectivity index (χ1n) is 10.7. The third-order valence-corrected chi connectivity index (χ3v) is 5.72. The van der Waals surface area contributed by atoms with Gasteiger partial charge in [-0.15, -0.1) is 0 Å². The number of anilines is 3. The average Bonchev–Trinajstić information content (AvgIpc) is 3.30. The summed E-state index contributed by atoms with van der Waals surface area (Å²) in [5, 5.41) is 13.1. The predicted molar refractivity (Wildman–Crippen MR) is 124 cm³/mol. The average molecular weight is 463 g/mol. The molecule has 1 amide bonds. The highest BCUT2D eigenvalue weighted by Gasteiger charge is 2.26. The first kappa shape index (κ1) is 21.4. The number of likely N-dealkylation sites (tertiary alicyclic amines) is 1. The number of ether oxygens (including phenoxy) is 1. The van der Waals surface area contributed by atoms with Crippen LogP contribution in [-0.4, -0.2) is 49.1 Å². The van der Waals surface area contributed by atoms with E-state index < -0.39 is 11.9 Å². The molecule has 1 aliphatic rings. The zero-order valence-corrected chi connectivity index (χ0v) is 18.0. The summed E-state index contributed by atoms with van der Waals surface area (Å²) in [7, 11) is 0. The molecule has 0 radical (unpaired) electrons. The fourth-order valence-electron chi connectivity index (χ4n) is 4.10. The van der Waals surface area contributed by atoms with Crippen molar-refractivity contribution in [1.82, 2.24) is 24.8 Å². The molecule has 1 aromatic carbocycles. The van der Waals surface area contributed by atoms with E-state index in [-0.39, 0.29) is 17.6 Å². The number of hydrogen-bond acceptors (Lipinski definition) is 7. The molecule has 0 saturated carbocycles. The quantitative estimate of drug-likeness (QED) is 0.340. The van der Waals surface area contributed by atoms with Gasteiger partial charge in [-0.2, -0.15) is 4.98 Å². The molecule has 174 valence electrons. The van der Waals surface area contributed by atoms with Crippen molar-refractivity contribution in [2.45, 2.75) is 18.8 Å². The maximum Gasteiger partial charge on any atom is 0.407 e. The molecule has 0 aliphatic carbocycles. The number of benzene rings is 1. The Morgan fingerprint density at radius 2 is 2.12 bits per heavy atom. The van der Waals surface area contributed by atoms with Crippen LogP contribution in [0.3, 0.4) is 0 Å². The minimum Gasteiger partial charge on any atom is -0.465 e. The number of piperidine rings is 1. The number of fused-ring (bicyclic) bond motifs is 1. The van der Waals surface area contributed by atoms with Gasteiger partial charge in [-0.3, -0.25) is 0 Å². The molecule has 0 spiro atoms. The molecular formula is C23H22FN7O3. The lowest BCUT2D eigenvalue weighted by atomic mass is 9.94. The molecule has 5 rings (SSSR count). The van der Waals surface area contributed by atoms with E-state index >= 15 is 0 Å². The van der Waals surface area contributed by atoms with Crippen LogP contribution in [0.25, 0.3) is 11.0 Å². The molecule has 11 heteroatoms. The molecule has 3 aromatic heterocycles. The summed E-state index contributed by atoms with van der Waals surface area (Å²) >= 11 is 0. The van der Waals surface area contributed by atoms with Crippen LogP contribution in [-0.2, 0) is 0 Å². The number of nitrogens with two attached hydrogens (primary N) is 1. The van der Waals surface area contributed by atoms with Gasteiger partial charge < -0.3 is 30.8 Å². The molecule has 1 atom stereocenters. The van der Waals surface area contributed by atoms with Crippen LogP contribution in [0.2, 0.25) is 0 Å². The standard InChI is InChI=1S/C23H22FN7O3/c24-16-10-14(3-4-19(16)34-18-6-8-27-21-15(18)5-7-26-21)28-20-11-17(29-22(25)30-20)13-2-1-9-31(12-13)23(32)33/h3-8,10-11,13H,1-2,9,12H2,(H,26,27)(H,32,33)(H3,25,28,29,30). The number of nitrogen functional groups attached to an aromatic ring is 1. The van der Waals surface area contributed by atoms with E-state index in [2.05, 4.69) is 25.3 Å². The van der Waals surface area contributed by atoms with Crippen LogP contribution in [0.5, 0.6) is 11.5 Å². The maximum absolute atomic E-state index is 14.8. The molecule has 1 fully saturated rings. The van der Waals surface area contributed by atoms with E-state index in [0.29, 0.717) is 41.7 Å². The molecular weight excluding hydrogens is 441 g/mol. The molecule has 1 aliphatic heterocycles. The summed E-state index contributed by atoms with van der Waals surface area (Å²) in [4.78, 5) is 28.4. The van der Waals surface area contributed by atoms with Crippen molar-refractivity contribution in [3.8, 4) is 11.5 Å². The summed E-state index contributed by atoms with van der Waals surface area (Å²) in [5.74, 6) is 0.360. The van der Waals surface area contributed by atoms with Gasteiger partial charge in [0.05, 0.1) is 11.1 Å². The second kappa shape index (κ2) is 8.85. The maximum atomic E-state index is 14.8. The molecule has 1 saturated heterocycles. The summed E-state index contributed by atoms with van der Waals surface area (Å²) in [6.07, 6.45) is 3.90. The summed E-state index contributed by atoms with van der Waals surface area (Å²) < 4.78 is 20.6. The molecule has 34 heavy (non-hydrogen) atoms. The third-order valence-electron chi connectivity index (χ3n) is 5.72. The van der Waals surface area contributed by atoms with Crippen molar-refractivity contribution in [3.05, 3.63) is 60.3 Å². The predicted octanol–water partition coefficient (Wildman–Crippen LogP) is 4.47. The Morgan fingerprint density at radius 3 is 2.94 bits per heavy atom. The van der Waals surface area contributed by atoms with Crippen LogP contribution in [0.4, 0.5) is 26.6 Å². The fourth-order valence-corrected chi connectivity index (χ4v) is 4.10. The largest absolute Gasteiger partial charge is 0.465 e. The number of aromatic nitrogens is 4. The lowest BCUT2D eigenvalue weighted by Crippen LogP contribution is -2.38. The smallest absolute Gasteiger partial charge is 0.407 e. The van der Waals surface area contributed by atoms with Crippen LogP contribution in [0.15, 0.2) is 48.8 Å². The number of carbonyl (C=O) groups is 1. The number of nitrogens with one attached hydrogen (secondary N) is 2. The number of carboxylic acid groups (broad SMARTS) is 1. The van der Waals surface area contributed by atoms with E-state index in [0.717, 1.165) is 18.2 Å². The van der Waals surface area contributed by atoms with Gasteiger partial charge in [0.2, 0.25) is 5.95 Å². The summed E-state index contributed by atoms with van der Waals surface area (Å²) in [5.41, 5.74) is 7.65. The van der Waals surface area contributed by atoms with E-state index in [9.17, 15) is 14.3 Å². The van der Waals surface area contributed by atoms with Crippen molar-refractivity contribution in [1.29, 1.82) is 0 Å². The van der Waals surface area contributed by atoms with Gasteiger partial charge >= 0.3 is 6.09 Å². The number of pyridine rings is 1. The van der Waals surface area contributed by atoms with E-state index in [1.807, 2.05) is 6.07 Å². The Morgan fingerprint density at radius 1 is 1.24 bits per heavy atom. The van der Waals surface area contributed by atoms with Gasteiger partial charge in [0.1, 0.15) is 17.2 Å². The third kappa shape index (κ3) is 4.40. The second-order valence-electron chi connectivity index (χ2n) is 8.03. The van der Waals surface area contributed by atoms with Crippen molar-refractivity contribution >= 4 is 34.6 Å². The van der Waals surface area contributed by atoms with Crippen molar-refractivity contribution in [2.75, 3.05) is 24.1 Å². The van der Waals surface area contributed by atoms with Crippen molar-refractivity contribution in [2.24, 2.45) is 0 Å². The number of H-pyrrole nitrogens is 1. The topological polar surface area (TPSA) is 142 Å². The van der Waals surface area contributed by atoms with Crippen LogP contribution in [0, 0.1) is 5.82 Å². The number of hydrogen-bond donors (Lipinski definition) is 4. The first-order chi connectivity index (χ1) is 16.5. The van der Waals surface area contributed by atoms with Crippen LogP contribution >= 0.6 is 0 Å². The van der Waals surface area contributed by atoms with Gasteiger partial charge in [-0.1, -0.05) is 0 Å². The van der Waals surface area contributed by atoms with E-state index in [1.165, 1.54) is 17.0 Å². The highest BCUT2D eigenvalue weighted by Crippen LogP contribution is 2.32. The summed E-state index contributed by atoms with van der Waals surface area (Å²) in [6.45, 7) is 0.843. The number of nitrogens with zero attached hydrogens (tertiary/aromatic N) is 4. The molecule has 10 nitrogen and oxygen atoms in total. The Labute approximate surface area is 193 Å². The number of amides is 1. The Balaban J connectivity index is 1.34. The van der Waals surface area contributed by atoms with Gasteiger partial charge in [0.15, 0.2) is 11.6 Å². The fraction of sp³-hybridized carbons (Fsp3) is 0.217. The second-order valence-corrected chi connectivity index (χ2v) is 8.03. The highest BCUT2D eigenvalue weighted by atomic mass is 19.1. The van der Waals surface area contributed by atoms with Crippen molar-refractivity contribution < 1.29 is 19.0 Å². The SMILES string of the molecule is Nc1nc(Nc2ccc(Oc3ccnc4[nH]ccc34)c(F)c2)cc(C2CCCN(C(=O)O)C2)n1. The zero-order chi connectivity index (χ0) is 23.7. The van der Waals surface area contributed by atoms with Gasteiger partial charge in [-0.05, 0) is 37.1 Å². The van der Waals surface area contributed by atoms with Crippen LogP contribution < -0.4 is 15.8 Å². The van der Waals surface area contributed by atoms with E-state index in [1.54, 1.807) is 30.6 Å². The Bertz CT molecular complexity index is 1360. The number of rotatable bonds is 5. The van der Waals surface area contributed by atoms with Crippen molar-refractivity contribution in [3.63, 3.8) is 0 Å².